The molecule has 0 atom stereocenters. The van der Waals surface area contributed by atoms with Crippen molar-refractivity contribution in [1.29, 1.82) is 0 Å². The van der Waals surface area contributed by atoms with Gasteiger partial charge in [0, 0.05) is 6.54 Å². The van der Waals surface area contributed by atoms with E-state index in [0.29, 0.717) is 30.5 Å². The van der Waals surface area contributed by atoms with Gasteiger partial charge in [-0.05, 0) is 30.9 Å². The second kappa shape index (κ2) is 5.58. The van der Waals surface area contributed by atoms with Crippen molar-refractivity contribution in [2.75, 3.05) is 23.6 Å². The van der Waals surface area contributed by atoms with Crippen LogP contribution in [0.5, 0.6) is 5.75 Å². The Labute approximate surface area is 107 Å². The number of hydrogen-bond acceptors (Lipinski definition) is 4. The van der Waals surface area contributed by atoms with Gasteiger partial charge < -0.3 is 10.5 Å². The normalized spacial score (nSPS) is 15.4. The molecule has 0 amide bonds. The summed E-state index contributed by atoms with van der Waals surface area (Å²) in [5.41, 5.74) is 5.84. The predicted octanol–water partition coefficient (Wildman–Crippen LogP) is 1.18. The fourth-order valence-electron chi connectivity index (χ4n) is 1.65. The molecule has 0 unspecified atom stereocenters. The van der Waals surface area contributed by atoms with Gasteiger partial charge >= 0.3 is 0 Å². The van der Waals surface area contributed by atoms with Gasteiger partial charge in [-0.1, -0.05) is 12.1 Å². The van der Waals surface area contributed by atoms with Crippen molar-refractivity contribution < 1.29 is 13.2 Å². The summed E-state index contributed by atoms with van der Waals surface area (Å²) in [4.78, 5) is 0. The van der Waals surface area contributed by atoms with Crippen molar-refractivity contribution in [1.82, 2.24) is 0 Å². The Balaban J connectivity index is 2.07. The number of benzene rings is 1. The van der Waals surface area contributed by atoms with Gasteiger partial charge in [-0.15, -0.1) is 0 Å². The number of sulfonamides is 1. The summed E-state index contributed by atoms with van der Waals surface area (Å²) < 4.78 is 31.7. The molecule has 18 heavy (non-hydrogen) atoms. The van der Waals surface area contributed by atoms with E-state index in [-0.39, 0.29) is 5.75 Å². The molecule has 0 bridgehead atoms. The van der Waals surface area contributed by atoms with Crippen molar-refractivity contribution in [3.05, 3.63) is 24.3 Å². The third kappa shape index (κ3) is 3.89. The summed E-state index contributed by atoms with van der Waals surface area (Å²) in [7, 11) is -3.28. The van der Waals surface area contributed by atoms with Crippen molar-refractivity contribution >= 4 is 15.7 Å². The van der Waals surface area contributed by atoms with Crippen LogP contribution in [0.3, 0.4) is 0 Å². The van der Waals surface area contributed by atoms with Crippen LogP contribution in [-0.2, 0) is 10.0 Å². The zero-order valence-electron chi connectivity index (χ0n) is 10.1. The van der Waals surface area contributed by atoms with Gasteiger partial charge in [-0.25, -0.2) is 8.42 Å². The molecule has 2 rings (SSSR count). The van der Waals surface area contributed by atoms with Gasteiger partial charge in [0.1, 0.15) is 12.4 Å². The Morgan fingerprint density at radius 3 is 2.72 bits per heavy atom. The lowest BCUT2D eigenvalue weighted by Gasteiger charge is -2.12. The quantitative estimate of drug-likeness (QED) is 0.779. The van der Waals surface area contributed by atoms with Crippen molar-refractivity contribution in [2.24, 2.45) is 11.7 Å². The maximum atomic E-state index is 11.9. The second-order valence-electron chi connectivity index (χ2n) is 4.46. The third-order valence-corrected chi connectivity index (χ3v) is 4.12. The molecule has 0 radical (unpaired) electrons. The number of nitrogens with two attached hydrogens (primary N) is 1. The molecule has 1 saturated carbocycles. The lowest BCUT2D eigenvalue weighted by molar-refractivity contribution is 0.330. The highest BCUT2D eigenvalue weighted by Crippen LogP contribution is 2.32. The lowest BCUT2D eigenvalue weighted by atomic mass is 10.3. The molecule has 1 fully saturated rings. The molecule has 100 valence electrons. The van der Waals surface area contributed by atoms with Gasteiger partial charge in [0.05, 0.1) is 11.4 Å². The predicted molar refractivity (Wildman–Crippen MR) is 71.1 cm³/mol. The highest BCUT2D eigenvalue weighted by molar-refractivity contribution is 7.92. The Morgan fingerprint density at radius 2 is 2.06 bits per heavy atom. The SMILES string of the molecule is NCCOc1ccccc1NS(=O)(=O)CC1CC1. The van der Waals surface area contributed by atoms with Crippen LogP contribution in [0, 0.1) is 5.92 Å². The topological polar surface area (TPSA) is 81.4 Å². The zero-order valence-corrected chi connectivity index (χ0v) is 10.9. The molecule has 1 aliphatic carbocycles. The minimum absolute atomic E-state index is 0.193. The van der Waals surface area contributed by atoms with E-state index in [9.17, 15) is 8.42 Å². The maximum absolute atomic E-state index is 11.9. The number of ether oxygens (including phenoxy) is 1. The second-order valence-corrected chi connectivity index (χ2v) is 6.23. The van der Waals surface area contributed by atoms with E-state index >= 15 is 0 Å². The van der Waals surface area contributed by atoms with Crippen LogP contribution >= 0.6 is 0 Å². The van der Waals surface area contributed by atoms with Crippen LogP contribution in [0.15, 0.2) is 24.3 Å². The van der Waals surface area contributed by atoms with Gasteiger partial charge in [0.15, 0.2) is 0 Å². The smallest absolute Gasteiger partial charge is 0.233 e. The van der Waals surface area contributed by atoms with Crippen LogP contribution in [0.4, 0.5) is 5.69 Å². The molecule has 6 heteroatoms. The van der Waals surface area contributed by atoms with E-state index in [0.717, 1.165) is 12.8 Å². The van der Waals surface area contributed by atoms with E-state index in [4.69, 9.17) is 10.5 Å². The van der Waals surface area contributed by atoms with Crippen LogP contribution in [0.2, 0.25) is 0 Å². The summed E-state index contributed by atoms with van der Waals surface area (Å²) in [6.45, 7) is 0.754. The Kier molecular flexibility index (Phi) is 4.08. The Morgan fingerprint density at radius 1 is 1.33 bits per heavy atom. The molecule has 0 spiro atoms. The van der Waals surface area contributed by atoms with Crippen molar-refractivity contribution in [3.8, 4) is 5.75 Å². The molecule has 0 saturated heterocycles. The molecule has 0 heterocycles. The van der Waals surface area contributed by atoms with Gasteiger partial charge in [-0.2, -0.15) is 0 Å². The summed E-state index contributed by atoms with van der Waals surface area (Å²) >= 11 is 0. The number of nitrogens with one attached hydrogen (secondary N) is 1. The molecule has 1 aromatic carbocycles. The molecule has 3 N–H and O–H groups in total. The summed E-state index contributed by atoms with van der Waals surface area (Å²) in [5, 5.41) is 0. The highest BCUT2D eigenvalue weighted by atomic mass is 32.2. The Hall–Kier alpha value is -1.27. The van der Waals surface area contributed by atoms with Crippen LogP contribution in [0.1, 0.15) is 12.8 Å². The van der Waals surface area contributed by atoms with Gasteiger partial charge in [-0.3, -0.25) is 4.72 Å². The van der Waals surface area contributed by atoms with Gasteiger partial charge in [0.2, 0.25) is 10.0 Å². The van der Waals surface area contributed by atoms with Crippen molar-refractivity contribution in [2.45, 2.75) is 12.8 Å². The van der Waals surface area contributed by atoms with Crippen LogP contribution in [-0.4, -0.2) is 27.3 Å². The van der Waals surface area contributed by atoms with Crippen molar-refractivity contribution in [3.63, 3.8) is 0 Å². The molecule has 0 aliphatic heterocycles. The first-order chi connectivity index (χ1) is 8.61. The highest BCUT2D eigenvalue weighted by Gasteiger charge is 2.28. The number of para-hydroxylation sites is 2. The van der Waals surface area contributed by atoms with E-state index in [1.54, 1.807) is 24.3 Å². The van der Waals surface area contributed by atoms with E-state index in [2.05, 4.69) is 4.72 Å². The number of anilines is 1. The minimum Gasteiger partial charge on any atom is -0.490 e. The number of rotatable bonds is 7. The molecule has 1 aromatic rings. The standard InChI is InChI=1S/C12H18N2O3S/c13-7-8-17-12-4-2-1-3-11(12)14-18(15,16)9-10-5-6-10/h1-4,10,14H,5-9,13H2. The van der Waals surface area contributed by atoms with Crippen LogP contribution in [0.25, 0.3) is 0 Å². The first-order valence-electron chi connectivity index (χ1n) is 6.03. The monoisotopic (exact) mass is 270 g/mol. The van der Waals surface area contributed by atoms with E-state index < -0.39 is 10.0 Å². The van der Waals surface area contributed by atoms with Gasteiger partial charge in [0.25, 0.3) is 0 Å². The molecule has 1 aliphatic rings. The van der Waals surface area contributed by atoms with E-state index in [1.807, 2.05) is 0 Å². The maximum Gasteiger partial charge on any atom is 0.233 e. The average molecular weight is 270 g/mol. The molecular formula is C12H18N2O3S. The summed E-state index contributed by atoms with van der Waals surface area (Å²) in [6.07, 6.45) is 2.01. The molecule has 0 aromatic heterocycles. The Bertz CT molecular complexity index is 498. The fraction of sp³-hybridized carbons (Fsp3) is 0.500. The fourth-order valence-corrected chi connectivity index (χ4v) is 3.19. The summed E-state index contributed by atoms with van der Waals surface area (Å²) in [6, 6.07) is 6.98. The van der Waals surface area contributed by atoms with Crippen LogP contribution < -0.4 is 15.2 Å². The average Bonchev–Trinajstić information content (AvgIpc) is 3.10. The minimum atomic E-state index is -3.28. The molecule has 5 nitrogen and oxygen atoms in total. The van der Waals surface area contributed by atoms with E-state index in [1.165, 1.54) is 0 Å². The third-order valence-electron chi connectivity index (χ3n) is 2.68. The largest absolute Gasteiger partial charge is 0.490 e. The summed E-state index contributed by atoms with van der Waals surface area (Å²) in [5.74, 6) is 1.03. The zero-order chi connectivity index (χ0) is 13.0. The molecular weight excluding hydrogens is 252 g/mol. The number of hydrogen-bond donors (Lipinski definition) is 2. The lowest BCUT2D eigenvalue weighted by Crippen LogP contribution is -2.19. The first-order valence-corrected chi connectivity index (χ1v) is 7.68. The first kappa shape index (κ1) is 13.2.